The molecule has 1 saturated heterocycles. The normalized spacial score (nSPS) is 18.7. The molecular formula is C5H10N2. The summed E-state index contributed by atoms with van der Waals surface area (Å²) >= 11 is 0. The lowest BCUT2D eigenvalue weighted by Gasteiger charge is -2.17. The van der Waals surface area contributed by atoms with Crippen LogP contribution in [0.5, 0.6) is 0 Å². The molecule has 40 valence electrons. The van der Waals surface area contributed by atoms with Crippen LogP contribution in [0.25, 0.3) is 0 Å². The third kappa shape index (κ3) is 1.01. The Kier molecular flexibility index (Phi) is 1.44. The first-order chi connectivity index (χ1) is 3.43. The number of nitrogens with two attached hydrogens (primary N) is 1. The highest BCUT2D eigenvalue weighted by Crippen LogP contribution is 1.97. The predicted octanol–water partition coefficient (Wildman–Crippen LogP) is -0.525. The number of rotatable bonds is 1. The molecule has 0 unspecified atom stereocenters. The molecule has 0 aliphatic carbocycles. The van der Waals surface area contributed by atoms with Crippen molar-refractivity contribution >= 4 is 0 Å². The van der Waals surface area contributed by atoms with Crippen molar-refractivity contribution in [2.24, 2.45) is 5.73 Å². The standard InChI is InChI=1S/C5H10N2/c6-2-1-5-3-7-4-5/h1,7H,2-4,6H2. The lowest BCUT2D eigenvalue weighted by Crippen LogP contribution is -2.34. The topological polar surface area (TPSA) is 38.0 Å². The van der Waals surface area contributed by atoms with Crippen LogP contribution in [0, 0.1) is 0 Å². The monoisotopic (exact) mass is 98.1 g/mol. The smallest absolute Gasteiger partial charge is 0.0180 e. The SMILES string of the molecule is NCC=C1CNC1. The zero-order chi connectivity index (χ0) is 5.11. The maximum atomic E-state index is 5.23. The summed E-state index contributed by atoms with van der Waals surface area (Å²) in [5.74, 6) is 0. The molecule has 0 atom stereocenters. The van der Waals surface area contributed by atoms with E-state index < -0.39 is 0 Å². The first-order valence-electron chi connectivity index (χ1n) is 2.52. The molecule has 0 aromatic heterocycles. The van der Waals surface area contributed by atoms with Crippen LogP contribution in [0.15, 0.2) is 11.6 Å². The Labute approximate surface area is 43.4 Å². The van der Waals surface area contributed by atoms with Gasteiger partial charge in [-0.05, 0) is 5.57 Å². The van der Waals surface area contributed by atoms with Gasteiger partial charge in [0.1, 0.15) is 0 Å². The van der Waals surface area contributed by atoms with E-state index in [9.17, 15) is 0 Å². The van der Waals surface area contributed by atoms with Gasteiger partial charge < -0.3 is 11.1 Å². The Balaban J connectivity index is 2.23. The maximum absolute atomic E-state index is 5.23. The van der Waals surface area contributed by atoms with Crippen LogP contribution in [0.4, 0.5) is 0 Å². The molecule has 7 heavy (non-hydrogen) atoms. The van der Waals surface area contributed by atoms with Crippen LogP contribution in [0.2, 0.25) is 0 Å². The Morgan fingerprint density at radius 1 is 1.71 bits per heavy atom. The minimum Gasteiger partial charge on any atom is -0.327 e. The van der Waals surface area contributed by atoms with Gasteiger partial charge in [0, 0.05) is 19.6 Å². The molecule has 0 amide bonds. The van der Waals surface area contributed by atoms with Crippen molar-refractivity contribution in [2.75, 3.05) is 19.6 Å². The fourth-order valence-corrected chi connectivity index (χ4v) is 0.580. The molecule has 1 aliphatic rings. The Hall–Kier alpha value is -0.340. The molecule has 0 saturated carbocycles. The number of nitrogens with one attached hydrogen (secondary N) is 1. The van der Waals surface area contributed by atoms with Gasteiger partial charge in [0.2, 0.25) is 0 Å². The summed E-state index contributed by atoms with van der Waals surface area (Å²) < 4.78 is 0. The molecule has 0 bridgehead atoms. The summed E-state index contributed by atoms with van der Waals surface area (Å²) in [5.41, 5.74) is 6.68. The molecule has 1 rings (SSSR count). The first-order valence-corrected chi connectivity index (χ1v) is 2.52. The van der Waals surface area contributed by atoms with Gasteiger partial charge in [-0.2, -0.15) is 0 Å². The second-order valence-corrected chi connectivity index (χ2v) is 1.70. The van der Waals surface area contributed by atoms with Crippen LogP contribution >= 0.6 is 0 Å². The number of hydrogen-bond acceptors (Lipinski definition) is 2. The maximum Gasteiger partial charge on any atom is 0.0180 e. The number of hydrogen-bond donors (Lipinski definition) is 2. The largest absolute Gasteiger partial charge is 0.327 e. The summed E-state index contributed by atoms with van der Waals surface area (Å²) in [6.45, 7) is 2.80. The third-order valence-corrected chi connectivity index (χ3v) is 1.11. The predicted molar refractivity (Wildman–Crippen MR) is 30.0 cm³/mol. The second-order valence-electron chi connectivity index (χ2n) is 1.70. The molecular weight excluding hydrogens is 88.1 g/mol. The van der Waals surface area contributed by atoms with E-state index in [1.54, 1.807) is 0 Å². The van der Waals surface area contributed by atoms with Crippen LogP contribution in [0.1, 0.15) is 0 Å². The molecule has 3 N–H and O–H groups in total. The Morgan fingerprint density at radius 2 is 2.43 bits per heavy atom. The molecule has 2 heteroatoms. The summed E-state index contributed by atoms with van der Waals surface area (Å²) in [7, 11) is 0. The molecule has 0 spiro atoms. The van der Waals surface area contributed by atoms with Crippen molar-refractivity contribution in [3.05, 3.63) is 11.6 Å². The summed E-state index contributed by atoms with van der Waals surface area (Å²) in [6.07, 6.45) is 2.07. The van der Waals surface area contributed by atoms with E-state index >= 15 is 0 Å². The molecule has 0 aromatic carbocycles. The van der Waals surface area contributed by atoms with Crippen molar-refractivity contribution < 1.29 is 0 Å². The van der Waals surface area contributed by atoms with Crippen molar-refractivity contribution in [3.8, 4) is 0 Å². The minimum atomic E-state index is 0.691. The Morgan fingerprint density at radius 3 is 2.57 bits per heavy atom. The zero-order valence-corrected chi connectivity index (χ0v) is 4.28. The highest BCUT2D eigenvalue weighted by molar-refractivity contribution is 5.13. The summed E-state index contributed by atoms with van der Waals surface area (Å²) in [4.78, 5) is 0. The average Bonchev–Trinajstić information content (AvgIpc) is 1.55. The highest BCUT2D eigenvalue weighted by atomic mass is 14.9. The van der Waals surface area contributed by atoms with Gasteiger partial charge in [-0.3, -0.25) is 0 Å². The van der Waals surface area contributed by atoms with Gasteiger partial charge in [0.25, 0.3) is 0 Å². The fraction of sp³-hybridized carbons (Fsp3) is 0.600. The van der Waals surface area contributed by atoms with Gasteiger partial charge >= 0.3 is 0 Å². The van der Waals surface area contributed by atoms with Crippen LogP contribution in [-0.2, 0) is 0 Å². The summed E-state index contributed by atoms with van der Waals surface area (Å²) in [6, 6.07) is 0. The lowest BCUT2D eigenvalue weighted by molar-refractivity contribution is 0.665. The fourth-order valence-electron chi connectivity index (χ4n) is 0.580. The van der Waals surface area contributed by atoms with E-state index in [1.807, 2.05) is 0 Å². The van der Waals surface area contributed by atoms with Gasteiger partial charge in [-0.25, -0.2) is 0 Å². The van der Waals surface area contributed by atoms with Crippen molar-refractivity contribution in [1.82, 2.24) is 5.32 Å². The highest BCUT2D eigenvalue weighted by Gasteiger charge is 2.03. The molecule has 1 aliphatic heterocycles. The van der Waals surface area contributed by atoms with Crippen molar-refractivity contribution in [1.29, 1.82) is 0 Å². The Bertz CT molecular complexity index is 80.1. The van der Waals surface area contributed by atoms with Gasteiger partial charge in [0.05, 0.1) is 0 Å². The van der Waals surface area contributed by atoms with E-state index in [1.165, 1.54) is 5.57 Å². The first kappa shape index (κ1) is 4.81. The van der Waals surface area contributed by atoms with E-state index in [0.29, 0.717) is 6.54 Å². The molecule has 1 heterocycles. The van der Waals surface area contributed by atoms with E-state index in [-0.39, 0.29) is 0 Å². The van der Waals surface area contributed by atoms with Crippen LogP contribution in [-0.4, -0.2) is 19.6 Å². The van der Waals surface area contributed by atoms with Gasteiger partial charge in [0.15, 0.2) is 0 Å². The molecule has 0 radical (unpaired) electrons. The average molecular weight is 98.1 g/mol. The van der Waals surface area contributed by atoms with E-state index in [0.717, 1.165) is 13.1 Å². The van der Waals surface area contributed by atoms with E-state index in [2.05, 4.69) is 11.4 Å². The molecule has 1 fully saturated rings. The minimum absolute atomic E-state index is 0.691. The third-order valence-electron chi connectivity index (χ3n) is 1.11. The van der Waals surface area contributed by atoms with Crippen LogP contribution in [0.3, 0.4) is 0 Å². The van der Waals surface area contributed by atoms with E-state index in [4.69, 9.17) is 5.73 Å². The van der Waals surface area contributed by atoms with Gasteiger partial charge in [-0.1, -0.05) is 6.08 Å². The van der Waals surface area contributed by atoms with Gasteiger partial charge in [-0.15, -0.1) is 0 Å². The zero-order valence-electron chi connectivity index (χ0n) is 4.28. The quantitative estimate of drug-likeness (QED) is 0.433. The second kappa shape index (κ2) is 2.09. The molecule has 0 aromatic rings. The van der Waals surface area contributed by atoms with Crippen molar-refractivity contribution in [2.45, 2.75) is 0 Å². The van der Waals surface area contributed by atoms with Crippen molar-refractivity contribution in [3.63, 3.8) is 0 Å². The van der Waals surface area contributed by atoms with Crippen LogP contribution < -0.4 is 11.1 Å². The molecule has 2 nitrogen and oxygen atoms in total. The summed E-state index contributed by atoms with van der Waals surface area (Å²) in [5, 5.41) is 3.12. The lowest BCUT2D eigenvalue weighted by atomic mass is 10.1.